The summed E-state index contributed by atoms with van der Waals surface area (Å²) in [5.41, 5.74) is 7.52. The first-order chi connectivity index (χ1) is 9.19. The maximum Gasteiger partial charge on any atom is 0.255 e. The van der Waals surface area contributed by atoms with E-state index in [2.05, 4.69) is 5.32 Å². The van der Waals surface area contributed by atoms with Gasteiger partial charge in [-0.25, -0.2) is 4.39 Å². The Balaban J connectivity index is 2.07. The van der Waals surface area contributed by atoms with Crippen molar-refractivity contribution in [3.8, 4) is 0 Å². The molecule has 0 aromatic heterocycles. The predicted molar refractivity (Wildman–Crippen MR) is 73.6 cm³/mol. The highest BCUT2D eigenvalue weighted by Crippen LogP contribution is 2.12. The molecule has 0 aliphatic heterocycles. The van der Waals surface area contributed by atoms with Crippen molar-refractivity contribution < 1.29 is 9.18 Å². The summed E-state index contributed by atoms with van der Waals surface area (Å²) < 4.78 is 13.0. The number of hydrogen-bond donors (Lipinski definition) is 2. The van der Waals surface area contributed by atoms with Crippen LogP contribution in [0.25, 0.3) is 0 Å². The van der Waals surface area contributed by atoms with E-state index in [1.807, 2.05) is 12.1 Å². The second kappa shape index (κ2) is 6.11. The van der Waals surface area contributed by atoms with E-state index in [0.29, 0.717) is 17.8 Å². The number of rotatable bonds is 4. The highest BCUT2D eigenvalue weighted by Gasteiger charge is 2.06. The molecule has 19 heavy (non-hydrogen) atoms. The number of hydrogen-bond acceptors (Lipinski definition) is 2. The van der Waals surface area contributed by atoms with Gasteiger partial charge in [0.15, 0.2) is 0 Å². The fourth-order valence-corrected chi connectivity index (χ4v) is 1.76. The van der Waals surface area contributed by atoms with Gasteiger partial charge in [0.05, 0.1) is 0 Å². The monoisotopic (exact) mass is 258 g/mol. The molecule has 0 aliphatic carbocycles. The molecular formula is C15H15FN2O. The zero-order valence-corrected chi connectivity index (χ0v) is 10.4. The van der Waals surface area contributed by atoms with Gasteiger partial charge in [-0.2, -0.15) is 0 Å². The lowest BCUT2D eigenvalue weighted by Crippen LogP contribution is -2.12. The van der Waals surface area contributed by atoms with Gasteiger partial charge in [-0.15, -0.1) is 0 Å². The van der Waals surface area contributed by atoms with Crippen molar-refractivity contribution in [3.63, 3.8) is 0 Å². The molecule has 2 aromatic rings. The van der Waals surface area contributed by atoms with Crippen LogP contribution in [0.4, 0.5) is 10.1 Å². The van der Waals surface area contributed by atoms with Gasteiger partial charge < -0.3 is 11.1 Å². The average Bonchev–Trinajstić information content (AvgIpc) is 2.40. The summed E-state index contributed by atoms with van der Waals surface area (Å²) in [5, 5.41) is 2.65. The first-order valence-corrected chi connectivity index (χ1v) is 6.05. The van der Waals surface area contributed by atoms with Crippen LogP contribution in [0, 0.1) is 5.82 Å². The number of nitrogens with one attached hydrogen (secondary N) is 1. The summed E-state index contributed by atoms with van der Waals surface area (Å²) in [5.74, 6) is -0.638. The lowest BCUT2D eigenvalue weighted by molar-refractivity contribution is 0.102. The number of carbonyl (C=O) groups excluding carboxylic acids is 1. The SMILES string of the molecule is NCCc1ccc(C(=O)Nc2cccc(F)c2)cc1. The normalized spacial score (nSPS) is 10.2. The van der Waals surface area contributed by atoms with Crippen molar-refractivity contribution >= 4 is 11.6 Å². The van der Waals surface area contributed by atoms with Crippen LogP contribution in [0.15, 0.2) is 48.5 Å². The molecule has 0 atom stereocenters. The number of halogens is 1. The third-order valence-electron chi connectivity index (χ3n) is 2.73. The highest BCUT2D eigenvalue weighted by atomic mass is 19.1. The summed E-state index contributed by atoms with van der Waals surface area (Å²) in [6.07, 6.45) is 0.784. The Morgan fingerprint density at radius 2 is 1.89 bits per heavy atom. The van der Waals surface area contributed by atoms with E-state index in [9.17, 15) is 9.18 Å². The van der Waals surface area contributed by atoms with Crippen LogP contribution < -0.4 is 11.1 Å². The Labute approximate surface area is 111 Å². The minimum atomic E-state index is -0.379. The molecule has 0 fully saturated rings. The van der Waals surface area contributed by atoms with Crippen LogP contribution >= 0.6 is 0 Å². The Kier molecular flexibility index (Phi) is 4.26. The first-order valence-electron chi connectivity index (χ1n) is 6.05. The molecular weight excluding hydrogens is 243 g/mol. The summed E-state index contributed by atoms with van der Waals surface area (Å²) in [4.78, 5) is 11.9. The van der Waals surface area contributed by atoms with Crippen LogP contribution in [-0.2, 0) is 6.42 Å². The smallest absolute Gasteiger partial charge is 0.255 e. The number of carbonyl (C=O) groups is 1. The first kappa shape index (κ1) is 13.2. The van der Waals surface area contributed by atoms with Crippen LogP contribution in [0.5, 0.6) is 0 Å². The van der Waals surface area contributed by atoms with E-state index < -0.39 is 0 Å². The van der Waals surface area contributed by atoms with Gasteiger partial charge in [0.2, 0.25) is 0 Å². The van der Waals surface area contributed by atoms with Gasteiger partial charge in [-0.3, -0.25) is 4.79 Å². The third-order valence-corrected chi connectivity index (χ3v) is 2.73. The summed E-state index contributed by atoms with van der Waals surface area (Å²) >= 11 is 0. The van der Waals surface area contributed by atoms with Crippen LogP contribution in [0.1, 0.15) is 15.9 Å². The predicted octanol–water partition coefficient (Wildman–Crippen LogP) is 2.58. The number of amides is 1. The Hall–Kier alpha value is -2.20. The maximum atomic E-state index is 13.0. The molecule has 0 unspecified atom stereocenters. The zero-order valence-electron chi connectivity index (χ0n) is 10.4. The van der Waals surface area contributed by atoms with Crippen molar-refractivity contribution in [2.24, 2.45) is 5.73 Å². The van der Waals surface area contributed by atoms with Crippen molar-refractivity contribution in [1.82, 2.24) is 0 Å². The van der Waals surface area contributed by atoms with Crippen molar-refractivity contribution in [2.45, 2.75) is 6.42 Å². The summed E-state index contributed by atoms with van der Waals surface area (Å²) in [6.45, 7) is 0.578. The molecule has 0 radical (unpaired) electrons. The van der Waals surface area contributed by atoms with E-state index in [-0.39, 0.29) is 11.7 Å². The van der Waals surface area contributed by atoms with Crippen LogP contribution in [0.2, 0.25) is 0 Å². The number of nitrogens with two attached hydrogens (primary N) is 1. The molecule has 4 heteroatoms. The van der Waals surface area contributed by atoms with Crippen molar-refractivity contribution in [1.29, 1.82) is 0 Å². The molecule has 1 amide bonds. The molecule has 2 rings (SSSR count). The zero-order chi connectivity index (χ0) is 13.7. The molecule has 0 saturated heterocycles. The minimum Gasteiger partial charge on any atom is -0.330 e. The summed E-state index contributed by atoms with van der Waals surface area (Å²) in [7, 11) is 0. The van der Waals surface area contributed by atoms with Gasteiger partial charge in [-0.1, -0.05) is 18.2 Å². The summed E-state index contributed by atoms with van der Waals surface area (Å²) in [6, 6.07) is 13.0. The van der Waals surface area contributed by atoms with E-state index in [1.165, 1.54) is 12.1 Å². The van der Waals surface area contributed by atoms with E-state index >= 15 is 0 Å². The molecule has 3 N–H and O–H groups in total. The van der Waals surface area contributed by atoms with Gasteiger partial charge in [-0.05, 0) is 48.9 Å². The molecule has 3 nitrogen and oxygen atoms in total. The van der Waals surface area contributed by atoms with Crippen molar-refractivity contribution in [3.05, 3.63) is 65.5 Å². The largest absolute Gasteiger partial charge is 0.330 e. The standard InChI is InChI=1S/C15H15FN2O/c16-13-2-1-3-14(10-13)18-15(19)12-6-4-11(5-7-12)8-9-17/h1-7,10H,8-9,17H2,(H,18,19). The highest BCUT2D eigenvalue weighted by molar-refractivity contribution is 6.04. The Morgan fingerprint density at radius 1 is 1.16 bits per heavy atom. The van der Waals surface area contributed by atoms with Gasteiger partial charge in [0.1, 0.15) is 5.82 Å². The van der Waals surface area contributed by atoms with Crippen LogP contribution in [0.3, 0.4) is 0 Å². The molecule has 0 saturated carbocycles. The van der Waals surface area contributed by atoms with E-state index in [0.717, 1.165) is 12.0 Å². The average molecular weight is 258 g/mol. The van der Waals surface area contributed by atoms with E-state index in [4.69, 9.17) is 5.73 Å². The van der Waals surface area contributed by atoms with Gasteiger partial charge in [0, 0.05) is 11.3 Å². The molecule has 0 spiro atoms. The maximum absolute atomic E-state index is 13.0. The Morgan fingerprint density at radius 3 is 2.53 bits per heavy atom. The fourth-order valence-electron chi connectivity index (χ4n) is 1.76. The molecule has 2 aromatic carbocycles. The number of benzene rings is 2. The second-order valence-corrected chi connectivity index (χ2v) is 4.20. The molecule has 98 valence electrons. The molecule has 0 aliphatic rings. The third kappa shape index (κ3) is 3.63. The fraction of sp³-hybridized carbons (Fsp3) is 0.133. The lowest BCUT2D eigenvalue weighted by atomic mass is 10.1. The second-order valence-electron chi connectivity index (χ2n) is 4.20. The quantitative estimate of drug-likeness (QED) is 0.885. The van der Waals surface area contributed by atoms with Crippen LogP contribution in [-0.4, -0.2) is 12.5 Å². The molecule has 0 bridgehead atoms. The van der Waals surface area contributed by atoms with Gasteiger partial charge >= 0.3 is 0 Å². The minimum absolute atomic E-state index is 0.259. The van der Waals surface area contributed by atoms with E-state index in [1.54, 1.807) is 24.3 Å². The van der Waals surface area contributed by atoms with Gasteiger partial charge in [0.25, 0.3) is 5.91 Å². The topological polar surface area (TPSA) is 55.1 Å². The molecule has 0 heterocycles. The number of anilines is 1. The Bertz CT molecular complexity index is 567. The van der Waals surface area contributed by atoms with Crippen molar-refractivity contribution in [2.75, 3.05) is 11.9 Å². The lowest BCUT2D eigenvalue weighted by Gasteiger charge is -2.06.